The molecule has 0 radical (unpaired) electrons. The fourth-order valence-corrected chi connectivity index (χ4v) is 3.08. The Morgan fingerprint density at radius 3 is 2.21 bits per heavy atom. The summed E-state index contributed by atoms with van der Waals surface area (Å²) in [4.78, 5) is 2.45. The van der Waals surface area contributed by atoms with E-state index in [1.54, 1.807) is 0 Å². The van der Waals surface area contributed by atoms with Gasteiger partial charge in [0.2, 0.25) is 0 Å². The van der Waals surface area contributed by atoms with Crippen LogP contribution in [-0.4, -0.2) is 23.2 Å². The minimum absolute atomic E-state index is 0.279. The summed E-state index contributed by atoms with van der Waals surface area (Å²) in [7, 11) is 0. The molecule has 1 N–H and O–H groups in total. The van der Waals surface area contributed by atoms with Crippen LogP contribution in [0.5, 0.6) is 0 Å². The van der Waals surface area contributed by atoms with E-state index in [-0.39, 0.29) is 6.61 Å². The highest BCUT2D eigenvalue weighted by molar-refractivity contribution is 5.39. The molecule has 14 heavy (non-hydrogen) atoms. The number of hydrogen-bond acceptors (Lipinski definition) is 2. The standard InChI is InChI=1S/C12H15NO/c14-8-7-13-11-5-6-12(13)10-4-2-1-3-9(10)11/h1-4,11-12,14H,5-8H2. The Morgan fingerprint density at radius 1 is 1.14 bits per heavy atom. The van der Waals surface area contributed by atoms with E-state index in [1.165, 1.54) is 24.0 Å². The van der Waals surface area contributed by atoms with E-state index >= 15 is 0 Å². The first-order valence-electron chi connectivity index (χ1n) is 5.37. The largest absolute Gasteiger partial charge is 0.395 e. The van der Waals surface area contributed by atoms with Crippen LogP contribution in [-0.2, 0) is 0 Å². The van der Waals surface area contributed by atoms with E-state index in [0.29, 0.717) is 12.1 Å². The molecule has 1 aromatic carbocycles. The number of fused-ring (bicyclic) bond motifs is 5. The van der Waals surface area contributed by atoms with Gasteiger partial charge in [0.1, 0.15) is 0 Å². The average Bonchev–Trinajstić information content (AvgIpc) is 2.75. The van der Waals surface area contributed by atoms with Crippen LogP contribution in [0.15, 0.2) is 24.3 Å². The van der Waals surface area contributed by atoms with Crippen molar-refractivity contribution in [3.63, 3.8) is 0 Å². The minimum Gasteiger partial charge on any atom is -0.395 e. The highest BCUT2D eigenvalue weighted by Crippen LogP contribution is 2.52. The molecular formula is C12H15NO. The zero-order valence-electron chi connectivity index (χ0n) is 8.19. The number of nitrogens with zero attached hydrogens (tertiary/aromatic N) is 1. The van der Waals surface area contributed by atoms with Crippen molar-refractivity contribution >= 4 is 0 Å². The Morgan fingerprint density at radius 2 is 1.71 bits per heavy atom. The van der Waals surface area contributed by atoms with Crippen molar-refractivity contribution in [1.82, 2.24) is 4.90 Å². The van der Waals surface area contributed by atoms with Gasteiger partial charge in [0.05, 0.1) is 6.61 Å². The smallest absolute Gasteiger partial charge is 0.0558 e. The summed E-state index contributed by atoms with van der Waals surface area (Å²) in [6, 6.07) is 9.90. The highest BCUT2D eigenvalue weighted by atomic mass is 16.3. The molecule has 0 spiro atoms. The van der Waals surface area contributed by atoms with Crippen molar-refractivity contribution in [2.75, 3.05) is 13.2 Å². The summed E-state index contributed by atoms with van der Waals surface area (Å²) in [5, 5.41) is 9.03. The Hall–Kier alpha value is -0.860. The van der Waals surface area contributed by atoms with E-state index < -0.39 is 0 Å². The van der Waals surface area contributed by atoms with Crippen molar-refractivity contribution in [3.8, 4) is 0 Å². The third kappa shape index (κ3) is 0.983. The van der Waals surface area contributed by atoms with Crippen LogP contribution in [0.25, 0.3) is 0 Å². The highest BCUT2D eigenvalue weighted by Gasteiger charge is 2.42. The van der Waals surface area contributed by atoms with Crippen LogP contribution in [0, 0.1) is 0 Å². The molecule has 2 atom stereocenters. The number of benzene rings is 1. The minimum atomic E-state index is 0.279. The summed E-state index contributed by atoms with van der Waals surface area (Å²) in [6.45, 7) is 1.10. The number of hydrogen-bond donors (Lipinski definition) is 1. The van der Waals surface area contributed by atoms with Crippen LogP contribution < -0.4 is 0 Å². The predicted octanol–water partition coefficient (Wildman–Crippen LogP) is 1.87. The predicted molar refractivity (Wildman–Crippen MR) is 54.9 cm³/mol. The van der Waals surface area contributed by atoms with Crippen LogP contribution in [0.1, 0.15) is 36.1 Å². The molecule has 2 heteroatoms. The molecule has 3 rings (SSSR count). The van der Waals surface area contributed by atoms with E-state index in [9.17, 15) is 0 Å². The molecule has 0 aliphatic carbocycles. The third-order valence-corrected chi connectivity index (χ3v) is 3.59. The van der Waals surface area contributed by atoms with E-state index in [4.69, 9.17) is 5.11 Å². The first-order chi connectivity index (χ1) is 6.92. The van der Waals surface area contributed by atoms with Crippen molar-refractivity contribution in [1.29, 1.82) is 0 Å². The summed E-state index contributed by atoms with van der Waals surface area (Å²) < 4.78 is 0. The summed E-state index contributed by atoms with van der Waals surface area (Å²) >= 11 is 0. The second-order valence-corrected chi connectivity index (χ2v) is 4.20. The second kappa shape index (κ2) is 3.07. The first-order valence-corrected chi connectivity index (χ1v) is 5.37. The maximum Gasteiger partial charge on any atom is 0.0558 e. The van der Waals surface area contributed by atoms with Crippen molar-refractivity contribution in [3.05, 3.63) is 35.4 Å². The molecule has 0 saturated carbocycles. The molecule has 2 heterocycles. The molecule has 2 aliphatic rings. The van der Waals surface area contributed by atoms with Gasteiger partial charge in [-0.1, -0.05) is 24.3 Å². The van der Waals surface area contributed by atoms with Gasteiger partial charge in [-0.2, -0.15) is 0 Å². The van der Waals surface area contributed by atoms with Crippen molar-refractivity contribution in [2.45, 2.75) is 24.9 Å². The van der Waals surface area contributed by atoms with Gasteiger partial charge in [0.15, 0.2) is 0 Å². The maximum atomic E-state index is 9.03. The molecule has 2 unspecified atom stereocenters. The van der Waals surface area contributed by atoms with E-state index in [0.717, 1.165) is 6.54 Å². The zero-order valence-corrected chi connectivity index (χ0v) is 8.19. The lowest BCUT2D eigenvalue weighted by molar-refractivity contribution is 0.165. The molecule has 0 aromatic heterocycles. The van der Waals surface area contributed by atoms with E-state index in [1.807, 2.05) is 0 Å². The Balaban J connectivity index is 2.00. The van der Waals surface area contributed by atoms with Crippen LogP contribution in [0.3, 0.4) is 0 Å². The molecule has 2 nitrogen and oxygen atoms in total. The van der Waals surface area contributed by atoms with Gasteiger partial charge >= 0.3 is 0 Å². The number of rotatable bonds is 2. The van der Waals surface area contributed by atoms with E-state index in [2.05, 4.69) is 29.2 Å². The molecule has 74 valence electrons. The van der Waals surface area contributed by atoms with Gasteiger partial charge < -0.3 is 5.11 Å². The SMILES string of the molecule is OCCN1C2CCC1c1ccccc12. The number of aliphatic hydroxyl groups excluding tert-OH is 1. The molecule has 1 saturated heterocycles. The van der Waals surface area contributed by atoms with Gasteiger partial charge in [0.25, 0.3) is 0 Å². The van der Waals surface area contributed by atoms with Crippen LogP contribution >= 0.6 is 0 Å². The maximum absolute atomic E-state index is 9.03. The molecular weight excluding hydrogens is 174 g/mol. The fraction of sp³-hybridized carbons (Fsp3) is 0.500. The summed E-state index contributed by atoms with van der Waals surface area (Å²) in [6.07, 6.45) is 2.53. The van der Waals surface area contributed by atoms with Gasteiger partial charge in [-0.05, 0) is 24.0 Å². The van der Waals surface area contributed by atoms with Crippen molar-refractivity contribution < 1.29 is 5.11 Å². The number of aliphatic hydroxyl groups is 1. The molecule has 1 aromatic rings. The van der Waals surface area contributed by atoms with Crippen LogP contribution in [0.4, 0.5) is 0 Å². The van der Waals surface area contributed by atoms with Crippen molar-refractivity contribution in [2.24, 2.45) is 0 Å². The summed E-state index contributed by atoms with van der Waals surface area (Å²) in [5.74, 6) is 0. The Labute approximate surface area is 84.2 Å². The van der Waals surface area contributed by atoms with Gasteiger partial charge in [-0.3, -0.25) is 4.90 Å². The summed E-state index contributed by atoms with van der Waals surface area (Å²) in [5.41, 5.74) is 2.99. The molecule has 2 aliphatic heterocycles. The molecule has 0 amide bonds. The Kier molecular flexibility index (Phi) is 1.85. The third-order valence-electron chi connectivity index (χ3n) is 3.59. The van der Waals surface area contributed by atoms with Gasteiger partial charge in [-0.15, -0.1) is 0 Å². The lowest BCUT2D eigenvalue weighted by Gasteiger charge is -2.20. The van der Waals surface area contributed by atoms with Crippen LogP contribution in [0.2, 0.25) is 0 Å². The lowest BCUT2D eigenvalue weighted by atomic mass is 9.92. The zero-order chi connectivity index (χ0) is 9.54. The average molecular weight is 189 g/mol. The topological polar surface area (TPSA) is 23.5 Å². The Bertz CT molecular complexity index is 319. The normalized spacial score (nSPS) is 29.5. The van der Waals surface area contributed by atoms with Gasteiger partial charge in [0, 0.05) is 18.6 Å². The molecule has 1 fully saturated rings. The quantitative estimate of drug-likeness (QED) is 0.767. The molecule has 2 bridgehead atoms. The lowest BCUT2D eigenvalue weighted by Crippen LogP contribution is -2.23. The fourth-order valence-electron chi connectivity index (χ4n) is 3.08. The second-order valence-electron chi connectivity index (χ2n) is 4.20. The van der Waals surface area contributed by atoms with Gasteiger partial charge in [-0.25, -0.2) is 0 Å². The first kappa shape index (κ1) is 8.45. The monoisotopic (exact) mass is 189 g/mol.